The zero-order chi connectivity index (χ0) is 22.5. The van der Waals surface area contributed by atoms with Crippen molar-refractivity contribution in [3.05, 3.63) is 47.3 Å². The Morgan fingerprint density at radius 3 is 2.71 bits per heavy atom. The normalized spacial score (nSPS) is 13.0. The highest BCUT2D eigenvalue weighted by Crippen LogP contribution is 2.38. The molecular weight excluding hydrogens is 597 g/mol. The molecule has 1 aromatic carbocycles. The summed E-state index contributed by atoms with van der Waals surface area (Å²) in [6, 6.07) is 7.41. The molecule has 0 fully saturated rings. The molecule has 3 rings (SSSR count). The van der Waals surface area contributed by atoms with Crippen molar-refractivity contribution in [2.75, 3.05) is 11.9 Å². The molecule has 0 aliphatic heterocycles. The maximum absolute atomic E-state index is 12.7. The van der Waals surface area contributed by atoms with E-state index in [2.05, 4.69) is 27.3 Å². The molecule has 7 nitrogen and oxygen atoms in total. The number of rotatable bonds is 6. The highest BCUT2D eigenvalue weighted by molar-refractivity contribution is 14.1. The summed E-state index contributed by atoms with van der Waals surface area (Å²) in [5.74, 6) is -1.32. The van der Waals surface area contributed by atoms with Gasteiger partial charge in [0.05, 0.1) is 13.6 Å². The molecular formula is C21H15BrIN3O4S. The summed E-state index contributed by atoms with van der Waals surface area (Å²) in [6.45, 7) is -0.484. The molecule has 0 saturated carbocycles. The lowest BCUT2D eigenvalue weighted by Gasteiger charge is -2.10. The Hall–Kier alpha value is -2.41. The first-order valence-electron chi connectivity index (χ1n) is 9.15. The number of carboxylic acid groups (broad SMARTS) is 1. The Morgan fingerprint density at radius 1 is 1.32 bits per heavy atom. The fourth-order valence-electron chi connectivity index (χ4n) is 3.19. The van der Waals surface area contributed by atoms with Crippen molar-refractivity contribution >= 4 is 72.8 Å². The average Bonchev–Trinajstić information content (AvgIpc) is 3.07. The molecule has 0 atom stereocenters. The lowest BCUT2D eigenvalue weighted by Crippen LogP contribution is -2.13. The molecule has 2 N–H and O–H groups in total. The third-order valence-electron chi connectivity index (χ3n) is 4.55. The third kappa shape index (κ3) is 5.45. The van der Waals surface area contributed by atoms with Crippen LogP contribution in [0.25, 0.3) is 6.08 Å². The van der Waals surface area contributed by atoms with Crippen molar-refractivity contribution in [3.8, 4) is 17.9 Å². The van der Waals surface area contributed by atoms with Gasteiger partial charge in [-0.25, -0.2) is 4.79 Å². The molecule has 0 bridgehead atoms. The topological polar surface area (TPSA) is 123 Å². The van der Waals surface area contributed by atoms with Gasteiger partial charge in [0.15, 0.2) is 6.61 Å². The molecule has 158 valence electrons. The summed E-state index contributed by atoms with van der Waals surface area (Å²) in [5.41, 5.74) is 1.95. The highest BCUT2D eigenvalue weighted by atomic mass is 127. The number of ether oxygens (including phenoxy) is 1. The van der Waals surface area contributed by atoms with Crippen LogP contribution in [0.2, 0.25) is 0 Å². The number of carbonyl (C=O) groups is 2. The number of benzene rings is 1. The molecule has 0 saturated heterocycles. The summed E-state index contributed by atoms with van der Waals surface area (Å²) < 4.78 is 6.38. The van der Waals surface area contributed by atoms with Gasteiger partial charge in [-0.3, -0.25) is 4.79 Å². The number of nitrogens with one attached hydrogen (secondary N) is 1. The number of hydrogen-bond donors (Lipinski definition) is 2. The third-order valence-corrected chi connectivity index (χ3v) is 7.14. The second-order valence-electron chi connectivity index (χ2n) is 6.65. The Labute approximate surface area is 204 Å². The van der Waals surface area contributed by atoms with E-state index in [0.29, 0.717) is 29.9 Å². The Bertz CT molecular complexity index is 1150. The number of anilines is 1. The van der Waals surface area contributed by atoms with Gasteiger partial charge < -0.3 is 15.2 Å². The number of carbonyl (C=O) groups excluding carboxylic acids is 1. The first-order valence-corrected chi connectivity index (χ1v) is 11.8. The zero-order valence-corrected chi connectivity index (χ0v) is 20.6. The first kappa shape index (κ1) is 23.3. The fraction of sp³-hybridized carbons (Fsp3) is 0.238. The largest absolute Gasteiger partial charge is 0.480 e. The van der Waals surface area contributed by atoms with Gasteiger partial charge in [-0.1, -0.05) is 0 Å². The van der Waals surface area contributed by atoms with Crippen molar-refractivity contribution < 1.29 is 19.4 Å². The Balaban J connectivity index is 1.85. The molecule has 1 heterocycles. The number of carboxylic acids is 1. The van der Waals surface area contributed by atoms with Crippen LogP contribution in [-0.2, 0) is 22.4 Å². The standard InChI is InChI=1S/C21H15BrIN3O4S/c22-15-6-11(7-16(23)19(15)30-10-18(27)28)5-12(8-24)20(29)26-21-14(9-25)13-3-1-2-4-17(13)31-21/h5-7H,1-4,10H2,(H,26,29)(H,27,28)/b12-5+. The molecule has 0 radical (unpaired) electrons. The lowest BCUT2D eigenvalue weighted by atomic mass is 9.96. The maximum Gasteiger partial charge on any atom is 0.341 e. The van der Waals surface area contributed by atoms with Crippen molar-refractivity contribution in [2.45, 2.75) is 25.7 Å². The van der Waals surface area contributed by atoms with Crippen molar-refractivity contribution in [1.29, 1.82) is 10.5 Å². The van der Waals surface area contributed by atoms with Crippen LogP contribution in [0.15, 0.2) is 22.2 Å². The number of hydrogen-bond acceptors (Lipinski definition) is 6. The highest BCUT2D eigenvalue weighted by Gasteiger charge is 2.23. The molecule has 1 amide bonds. The molecule has 0 spiro atoms. The Morgan fingerprint density at radius 2 is 2.06 bits per heavy atom. The second kappa shape index (κ2) is 10.3. The van der Waals surface area contributed by atoms with Crippen LogP contribution < -0.4 is 10.1 Å². The van der Waals surface area contributed by atoms with Gasteiger partial charge in [-0.05, 0) is 93.5 Å². The number of thiophene rings is 1. The minimum atomic E-state index is -1.10. The van der Waals surface area contributed by atoms with Gasteiger partial charge in [-0.2, -0.15) is 10.5 Å². The van der Waals surface area contributed by atoms with Gasteiger partial charge >= 0.3 is 5.97 Å². The quantitative estimate of drug-likeness (QED) is 0.273. The molecule has 0 unspecified atom stereocenters. The van der Waals surface area contributed by atoms with Crippen LogP contribution in [0.5, 0.6) is 5.75 Å². The minimum absolute atomic E-state index is 0.114. The molecule has 1 aromatic heterocycles. The van der Waals surface area contributed by atoms with Crippen molar-refractivity contribution in [3.63, 3.8) is 0 Å². The van der Waals surface area contributed by atoms with Gasteiger partial charge in [0.25, 0.3) is 5.91 Å². The summed E-state index contributed by atoms with van der Waals surface area (Å²) in [6.07, 6.45) is 5.25. The summed E-state index contributed by atoms with van der Waals surface area (Å²) >= 11 is 6.72. The van der Waals surface area contributed by atoms with E-state index >= 15 is 0 Å². The van der Waals surface area contributed by atoms with Crippen LogP contribution in [-0.4, -0.2) is 23.6 Å². The summed E-state index contributed by atoms with van der Waals surface area (Å²) in [5, 5.41) is 31.1. The molecule has 2 aromatic rings. The number of fused-ring (bicyclic) bond motifs is 1. The van der Waals surface area contributed by atoms with E-state index in [9.17, 15) is 20.1 Å². The van der Waals surface area contributed by atoms with Gasteiger partial charge in [0, 0.05) is 4.88 Å². The monoisotopic (exact) mass is 611 g/mol. The first-order chi connectivity index (χ1) is 14.8. The van der Waals surface area contributed by atoms with Gasteiger partial charge in [0.2, 0.25) is 0 Å². The van der Waals surface area contributed by atoms with E-state index in [-0.39, 0.29) is 5.57 Å². The predicted molar refractivity (Wildman–Crippen MR) is 128 cm³/mol. The predicted octanol–water partition coefficient (Wildman–Crippen LogP) is 4.87. The fourth-order valence-corrected chi connectivity index (χ4v) is 6.20. The van der Waals surface area contributed by atoms with Crippen molar-refractivity contribution in [1.82, 2.24) is 0 Å². The number of halogens is 2. The Kier molecular flexibility index (Phi) is 7.70. The van der Waals surface area contributed by atoms with E-state index in [1.165, 1.54) is 17.4 Å². The summed E-state index contributed by atoms with van der Waals surface area (Å²) in [7, 11) is 0. The second-order valence-corrected chi connectivity index (χ2v) is 9.77. The number of aliphatic carboxylic acids is 1. The zero-order valence-electron chi connectivity index (χ0n) is 16.0. The van der Waals surface area contributed by atoms with E-state index in [1.54, 1.807) is 12.1 Å². The molecule has 31 heavy (non-hydrogen) atoms. The molecule has 1 aliphatic rings. The average molecular weight is 612 g/mol. The maximum atomic E-state index is 12.7. The molecule has 1 aliphatic carbocycles. The summed E-state index contributed by atoms with van der Waals surface area (Å²) in [4.78, 5) is 24.6. The van der Waals surface area contributed by atoms with E-state index in [1.807, 2.05) is 28.7 Å². The number of amides is 1. The van der Waals surface area contributed by atoms with Crippen LogP contribution in [0.1, 0.15) is 34.4 Å². The minimum Gasteiger partial charge on any atom is -0.480 e. The van der Waals surface area contributed by atoms with Crippen LogP contribution in [0, 0.1) is 26.2 Å². The van der Waals surface area contributed by atoms with Gasteiger partial charge in [-0.15, -0.1) is 11.3 Å². The van der Waals surface area contributed by atoms with Crippen LogP contribution in [0.3, 0.4) is 0 Å². The smallest absolute Gasteiger partial charge is 0.341 e. The number of aryl methyl sites for hydroxylation is 1. The van der Waals surface area contributed by atoms with Crippen molar-refractivity contribution in [2.24, 2.45) is 0 Å². The van der Waals surface area contributed by atoms with E-state index in [4.69, 9.17) is 9.84 Å². The molecule has 10 heteroatoms. The van der Waals surface area contributed by atoms with Crippen LogP contribution in [0.4, 0.5) is 5.00 Å². The van der Waals surface area contributed by atoms with Crippen LogP contribution >= 0.6 is 49.9 Å². The lowest BCUT2D eigenvalue weighted by molar-refractivity contribution is -0.139. The van der Waals surface area contributed by atoms with Gasteiger partial charge in [0.1, 0.15) is 28.5 Å². The van der Waals surface area contributed by atoms with E-state index < -0.39 is 18.5 Å². The number of nitriles is 2. The number of nitrogens with zero attached hydrogens (tertiary/aromatic N) is 2. The SMILES string of the molecule is N#C/C(=C\c1cc(Br)c(OCC(=O)O)c(I)c1)C(=O)Nc1sc2c(c1C#N)CCCC2. The van der Waals surface area contributed by atoms with E-state index in [0.717, 1.165) is 36.1 Å².